The lowest BCUT2D eigenvalue weighted by atomic mass is 9.87. The molecule has 0 radical (unpaired) electrons. The maximum Gasteiger partial charge on any atom is 0.133 e. The Bertz CT molecular complexity index is 444. The third-order valence-corrected chi connectivity index (χ3v) is 4.53. The predicted molar refractivity (Wildman–Crippen MR) is 74.1 cm³/mol. The van der Waals surface area contributed by atoms with Gasteiger partial charge in [0.2, 0.25) is 0 Å². The van der Waals surface area contributed by atoms with Crippen LogP contribution in [0.4, 0.5) is 5.69 Å². The number of nitrogens with zero attached hydrogens (tertiary/aromatic N) is 1. The van der Waals surface area contributed by atoms with Gasteiger partial charge in [0.25, 0.3) is 0 Å². The van der Waals surface area contributed by atoms with Crippen LogP contribution in [0.1, 0.15) is 50.5 Å². The first-order valence-corrected chi connectivity index (χ1v) is 7.13. The first-order chi connectivity index (χ1) is 8.75. The standard InChI is InChI=1S/C16H21NO/c1-12-10-11-17(13-6-8-14(18)9-7-13)16-5-3-2-4-15(12)16/h2-5,12-13H,6-11H2,1H3. The van der Waals surface area contributed by atoms with E-state index in [1.165, 1.54) is 17.7 Å². The van der Waals surface area contributed by atoms with E-state index in [-0.39, 0.29) is 0 Å². The summed E-state index contributed by atoms with van der Waals surface area (Å²) >= 11 is 0. The van der Waals surface area contributed by atoms with Gasteiger partial charge in [0, 0.05) is 31.1 Å². The second kappa shape index (κ2) is 4.75. The minimum atomic E-state index is 0.449. The van der Waals surface area contributed by atoms with E-state index in [0.717, 1.165) is 32.2 Å². The van der Waals surface area contributed by atoms with Crippen molar-refractivity contribution in [3.05, 3.63) is 29.8 Å². The van der Waals surface area contributed by atoms with E-state index in [9.17, 15) is 4.79 Å². The normalized spacial score (nSPS) is 25.1. The van der Waals surface area contributed by atoms with Crippen molar-refractivity contribution in [1.82, 2.24) is 0 Å². The van der Waals surface area contributed by atoms with Crippen molar-refractivity contribution in [2.45, 2.75) is 51.0 Å². The zero-order valence-corrected chi connectivity index (χ0v) is 11.1. The van der Waals surface area contributed by atoms with Gasteiger partial charge in [-0.1, -0.05) is 25.1 Å². The summed E-state index contributed by atoms with van der Waals surface area (Å²) in [6.07, 6.45) is 4.88. The maximum absolute atomic E-state index is 11.4. The number of benzene rings is 1. The Labute approximate surface area is 109 Å². The molecule has 96 valence electrons. The fourth-order valence-corrected chi connectivity index (χ4v) is 3.39. The summed E-state index contributed by atoms with van der Waals surface area (Å²) in [6.45, 7) is 3.47. The van der Waals surface area contributed by atoms with E-state index in [1.807, 2.05) is 0 Å². The molecular formula is C16H21NO. The molecule has 2 heteroatoms. The first-order valence-electron chi connectivity index (χ1n) is 7.13. The smallest absolute Gasteiger partial charge is 0.133 e. The molecule has 18 heavy (non-hydrogen) atoms. The van der Waals surface area contributed by atoms with Crippen LogP contribution in [0.2, 0.25) is 0 Å². The summed E-state index contributed by atoms with van der Waals surface area (Å²) in [5, 5.41) is 0. The second-order valence-corrected chi connectivity index (χ2v) is 5.71. The molecular weight excluding hydrogens is 222 g/mol. The van der Waals surface area contributed by atoms with Gasteiger partial charge in [-0.2, -0.15) is 0 Å². The highest BCUT2D eigenvalue weighted by Gasteiger charge is 2.29. The molecule has 1 aromatic carbocycles. The summed E-state index contributed by atoms with van der Waals surface area (Å²) in [6, 6.07) is 9.37. The molecule has 2 nitrogen and oxygen atoms in total. The Balaban J connectivity index is 1.86. The van der Waals surface area contributed by atoms with Gasteiger partial charge in [0.15, 0.2) is 0 Å². The van der Waals surface area contributed by atoms with Crippen LogP contribution in [0, 0.1) is 0 Å². The largest absolute Gasteiger partial charge is 0.368 e. The number of para-hydroxylation sites is 1. The quantitative estimate of drug-likeness (QED) is 0.752. The van der Waals surface area contributed by atoms with Crippen molar-refractivity contribution in [2.75, 3.05) is 11.4 Å². The maximum atomic E-state index is 11.4. The highest BCUT2D eigenvalue weighted by Crippen LogP contribution is 2.38. The Hall–Kier alpha value is -1.31. The monoisotopic (exact) mass is 243 g/mol. The molecule has 0 N–H and O–H groups in total. The molecule has 1 fully saturated rings. The van der Waals surface area contributed by atoms with Crippen LogP contribution >= 0.6 is 0 Å². The van der Waals surface area contributed by atoms with Gasteiger partial charge >= 0.3 is 0 Å². The molecule has 1 aromatic rings. The molecule has 0 aromatic heterocycles. The number of carbonyl (C=O) groups excluding carboxylic acids is 1. The number of fused-ring (bicyclic) bond motifs is 1. The lowest BCUT2D eigenvalue weighted by molar-refractivity contribution is -0.120. The molecule has 0 bridgehead atoms. The van der Waals surface area contributed by atoms with Gasteiger partial charge in [-0.3, -0.25) is 4.79 Å². The molecule has 1 saturated carbocycles. The minimum Gasteiger partial charge on any atom is -0.368 e. The number of carbonyl (C=O) groups is 1. The molecule has 0 amide bonds. The number of hydrogen-bond acceptors (Lipinski definition) is 2. The van der Waals surface area contributed by atoms with E-state index in [2.05, 4.69) is 36.1 Å². The van der Waals surface area contributed by atoms with Crippen LogP contribution in [-0.2, 0) is 4.79 Å². The average Bonchev–Trinajstić information content (AvgIpc) is 2.41. The average molecular weight is 243 g/mol. The van der Waals surface area contributed by atoms with Crippen LogP contribution in [0.5, 0.6) is 0 Å². The van der Waals surface area contributed by atoms with Gasteiger partial charge < -0.3 is 4.90 Å². The van der Waals surface area contributed by atoms with E-state index >= 15 is 0 Å². The topological polar surface area (TPSA) is 20.3 Å². The van der Waals surface area contributed by atoms with E-state index in [4.69, 9.17) is 0 Å². The highest BCUT2D eigenvalue weighted by molar-refractivity contribution is 5.79. The highest BCUT2D eigenvalue weighted by atomic mass is 16.1. The SMILES string of the molecule is CC1CCN(C2CCC(=O)CC2)c2ccccc21. The van der Waals surface area contributed by atoms with Crippen LogP contribution in [0.15, 0.2) is 24.3 Å². The molecule has 1 atom stereocenters. The number of ketones is 1. The van der Waals surface area contributed by atoms with Crippen LogP contribution < -0.4 is 4.90 Å². The van der Waals surface area contributed by atoms with E-state index in [1.54, 1.807) is 0 Å². The van der Waals surface area contributed by atoms with Gasteiger partial charge in [-0.15, -0.1) is 0 Å². The van der Waals surface area contributed by atoms with Crippen molar-refractivity contribution < 1.29 is 4.79 Å². The zero-order valence-electron chi connectivity index (χ0n) is 11.1. The van der Waals surface area contributed by atoms with Gasteiger partial charge in [0.1, 0.15) is 5.78 Å². The van der Waals surface area contributed by atoms with Crippen molar-refractivity contribution in [2.24, 2.45) is 0 Å². The van der Waals surface area contributed by atoms with Gasteiger partial charge in [-0.05, 0) is 36.8 Å². The third-order valence-electron chi connectivity index (χ3n) is 4.53. The fraction of sp³-hybridized carbons (Fsp3) is 0.562. The summed E-state index contributed by atoms with van der Waals surface area (Å²) in [5.74, 6) is 1.12. The summed E-state index contributed by atoms with van der Waals surface area (Å²) in [4.78, 5) is 13.9. The number of hydrogen-bond donors (Lipinski definition) is 0. The molecule has 1 unspecified atom stereocenters. The Morgan fingerprint density at radius 2 is 1.83 bits per heavy atom. The van der Waals surface area contributed by atoms with Crippen molar-refractivity contribution >= 4 is 11.5 Å². The fourth-order valence-electron chi connectivity index (χ4n) is 3.39. The molecule has 3 rings (SSSR count). The first kappa shape index (κ1) is 11.8. The second-order valence-electron chi connectivity index (χ2n) is 5.71. The Morgan fingerprint density at radius 1 is 1.11 bits per heavy atom. The van der Waals surface area contributed by atoms with Crippen molar-refractivity contribution in [3.63, 3.8) is 0 Å². The molecule has 0 saturated heterocycles. The van der Waals surface area contributed by atoms with E-state index < -0.39 is 0 Å². The molecule has 2 aliphatic rings. The molecule has 1 aliphatic carbocycles. The Kier molecular flexibility index (Phi) is 3.11. The van der Waals surface area contributed by atoms with Crippen LogP contribution in [0.3, 0.4) is 0 Å². The minimum absolute atomic E-state index is 0.449. The van der Waals surface area contributed by atoms with Crippen molar-refractivity contribution in [3.8, 4) is 0 Å². The third kappa shape index (κ3) is 2.05. The van der Waals surface area contributed by atoms with Crippen LogP contribution in [0.25, 0.3) is 0 Å². The molecule has 1 aliphatic heterocycles. The number of rotatable bonds is 1. The number of Topliss-reactive ketones (excluding diaryl/α,β-unsaturated/α-hetero) is 1. The summed E-state index contributed by atoms with van der Waals surface area (Å²) in [5.41, 5.74) is 2.90. The predicted octanol–water partition coefficient (Wildman–Crippen LogP) is 3.51. The van der Waals surface area contributed by atoms with Gasteiger partial charge in [0.05, 0.1) is 0 Å². The molecule has 1 heterocycles. The summed E-state index contributed by atoms with van der Waals surface area (Å²) in [7, 11) is 0. The summed E-state index contributed by atoms with van der Waals surface area (Å²) < 4.78 is 0. The van der Waals surface area contributed by atoms with Gasteiger partial charge in [-0.25, -0.2) is 0 Å². The lowest BCUT2D eigenvalue weighted by Crippen LogP contribution is -2.41. The van der Waals surface area contributed by atoms with E-state index in [0.29, 0.717) is 17.7 Å². The molecule has 0 spiro atoms. The zero-order chi connectivity index (χ0) is 12.5. The number of anilines is 1. The Morgan fingerprint density at radius 3 is 2.61 bits per heavy atom. The lowest BCUT2D eigenvalue weighted by Gasteiger charge is -2.41. The van der Waals surface area contributed by atoms with Crippen LogP contribution in [-0.4, -0.2) is 18.4 Å². The van der Waals surface area contributed by atoms with Crippen molar-refractivity contribution in [1.29, 1.82) is 0 Å².